The van der Waals surface area contributed by atoms with E-state index in [4.69, 9.17) is 4.74 Å². The molecule has 1 aromatic carbocycles. The highest BCUT2D eigenvalue weighted by Gasteiger charge is 2.37. The summed E-state index contributed by atoms with van der Waals surface area (Å²) >= 11 is 0. The van der Waals surface area contributed by atoms with Gasteiger partial charge in [0.1, 0.15) is 5.60 Å². The maximum Gasteiger partial charge on any atom is 0.306 e. The predicted molar refractivity (Wildman–Crippen MR) is 67.7 cm³/mol. The molecule has 1 fully saturated rings. The zero-order valence-corrected chi connectivity index (χ0v) is 10.7. The first-order valence-corrected chi connectivity index (χ1v) is 6.45. The van der Waals surface area contributed by atoms with Crippen molar-refractivity contribution in [3.8, 4) is 0 Å². The standard InChI is InChI=1S/C15H20O2/c1-3-4-5-12-6-8-13(9-7-12)15(2)11-10-14(16)17-15/h6-9H,3-5,10-11H2,1-2H3. The molecular weight excluding hydrogens is 212 g/mol. The number of hydrogen-bond donors (Lipinski definition) is 0. The molecule has 1 aromatic rings. The van der Waals surface area contributed by atoms with Gasteiger partial charge in [0.15, 0.2) is 0 Å². The molecule has 0 bridgehead atoms. The topological polar surface area (TPSA) is 26.3 Å². The van der Waals surface area contributed by atoms with Crippen LogP contribution in [0.4, 0.5) is 0 Å². The third-order valence-electron chi connectivity index (χ3n) is 3.53. The lowest BCUT2D eigenvalue weighted by Gasteiger charge is -2.23. The SMILES string of the molecule is CCCCc1ccc(C2(C)CCC(=O)O2)cc1. The number of rotatable bonds is 4. The van der Waals surface area contributed by atoms with Crippen molar-refractivity contribution in [1.29, 1.82) is 0 Å². The molecule has 92 valence electrons. The van der Waals surface area contributed by atoms with Crippen LogP contribution < -0.4 is 0 Å². The summed E-state index contributed by atoms with van der Waals surface area (Å²) < 4.78 is 5.42. The largest absolute Gasteiger partial charge is 0.454 e. The average Bonchev–Trinajstić information content (AvgIpc) is 2.68. The number of aryl methyl sites for hydroxylation is 1. The van der Waals surface area contributed by atoms with Crippen molar-refractivity contribution in [2.75, 3.05) is 0 Å². The van der Waals surface area contributed by atoms with Gasteiger partial charge in [-0.25, -0.2) is 0 Å². The molecule has 0 radical (unpaired) electrons. The van der Waals surface area contributed by atoms with Crippen LogP contribution in [0.3, 0.4) is 0 Å². The van der Waals surface area contributed by atoms with E-state index in [-0.39, 0.29) is 5.97 Å². The van der Waals surface area contributed by atoms with Crippen molar-refractivity contribution in [1.82, 2.24) is 0 Å². The molecule has 0 saturated carbocycles. The van der Waals surface area contributed by atoms with E-state index in [9.17, 15) is 4.79 Å². The van der Waals surface area contributed by atoms with Crippen LogP contribution in [0.1, 0.15) is 50.7 Å². The van der Waals surface area contributed by atoms with Crippen LogP contribution in [0.5, 0.6) is 0 Å². The fourth-order valence-electron chi connectivity index (χ4n) is 2.30. The highest BCUT2D eigenvalue weighted by molar-refractivity contribution is 5.72. The lowest BCUT2D eigenvalue weighted by Crippen LogP contribution is -2.20. The Morgan fingerprint density at radius 3 is 2.53 bits per heavy atom. The Labute approximate surface area is 103 Å². The van der Waals surface area contributed by atoms with Gasteiger partial charge in [-0.2, -0.15) is 0 Å². The zero-order valence-electron chi connectivity index (χ0n) is 10.7. The second kappa shape index (κ2) is 4.91. The van der Waals surface area contributed by atoms with Gasteiger partial charge in [0.2, 0.25) is 0 Å². The molecule has 1 saturated heterocycles. The second-order valence-electron chi connectivity index (χ2n) is 5.01. The van der Waals surface area contributed by atoms with Gasteiger partial charge in [-0.1, -0.05) is 37.6 Å². The predicted octanol–water partition coefficient (Wildman–Crippen LogP) is 3.58. The van der Waals surface area contributed by atoms with Gasteiger partial charge in [0, 0.05) is 12.8 Å². The quantitative estimate of drug-likeness (QED) is 0.742. The number of esters is 1. The summed E-state index contributed by atoms with van der Waals surface area (Å²) in [7, 11) is 0. The molecule has 1 aliphatic rings. The van der Waals surface area contributed by atoms with Gasteiger partial charge in [-0.05, 0) is 30.9 Å². The smallest absolute Gasteiger partial charge is 0.306 e. The third kappa shape index (κ3) is 2.68. The van der Waals surface area contributed by atoms with Gasteiger partial charge < -0.3 is 4.74 Å². The molecule has 0 N–H and O–H groups in total. The van der Waals surface area contributed by atoms with E-state index in [0.717, 1.165) is 18.4 Å². The minimum absolute atomic E-state index is 0.0810. The summed E-state index contributed by atoms with van der Waals surface area (Å²) in [6, 6.07) is 8.51. The summed E-state index contributed by atoms with van der Waals surface area (Å²) in [6.07, 6.45) is 4.91. The van der Waals surface area contributed by atoms with E-state index >= 15 is 0 Å². The first-order valence-electron chi connectivity index (χ1n) is 6.45. The Balaban J connectivity index is 2.09. The summed E-state index contributed by atoms with van der Waals surface area (Å²) in [5.41, 5.74) is 2.08. The van der Waals surface area contributed by atoms with Crippen LogP contribution in [-0.4, -0.2) is 5.97 Å². The summed E-state index contributed by atoms with van der Waals surface area (Å²) in [6.45, 7) is 4.20. The molecule has 1 atom stereocenters. The molecule has 1 unspecified atom stereocenters. The van der Waals surface area contributed by atoms with E-state index < -0.39 is 5.60 Å². The zero-order chi connectivity index (χ0) is 12.3. The molecule has 2 heteroatoms. The van der Waals surface area contributed by atoms with Crippen LogP contribution in [-0.2, 0) is 21.6 Å². The summed E-state index contributed by atoms with van der Waals surface area (Å²) in [5.74, 6) is -0.0810. The summed E-state index contributed by atoms with van der Waals surface area (Å²) in [4.78, 5) is 11.2. The highest BCUT2D eigenvalue weighted by atomic mass is 16.6. The molecule has 1 heterocycles. The fourth-order valence-corrected chi connectivity index (χ4v) is 2.30. The van der Waals surface area contributed by atoms with E-state index in [1.165, 1.54) is 18.4 Å². The number of ether oxygens (including phenoxy) is 1. The lowest BCUT2D eigenvalue weighted by molar-refractivity contribution is -0.147. The van der Waals surface area contributed by atoms with Gasteiger partial charge >= 0.3 is 5.97 Å². The lowest BCUT2D eigenvalue weighted by atomic mass is 9.92. The Morgan fingerprint density at radius 1 is 1.29 bits per heavy atom. The number of cyclic esters (lactones) is 1. The van der Waals surface area contributed by atoms with Crippen molar-refractivity contribution < 1.29 is 9.53 Å². The van der Waals surface area contributed by atoms with Crippen molar-refractivity contribution in [3.05, 3.63) is 35.4 Å². The Bertz CT molecular complexity index is 394. The van der Waals surface area contributed by atoms with Crippen molar-refractivity contribution in [2.24, 2.45) is 0 Å². The number of carbonyl (C=O) groups is 1. The normalized spacial score (nSPS) is 23.8. The van der Waals surface area contributed by atoms with Crippen molar-refractivity contribution >= 4 is 5.97 Å². The second-order valence-corrected chi connectivity index (χ2v) is 5.01. The molecular formula is C15H20O2. The van der Waals surface area contributed by atoms with E-state index in [0.29, 0.717) is 6.42 Å². The number of unbranched alkanes of at least 4 members (excludes halogenated alkanes) is 1. The minimum atomic E-state index is -0.402. The van der Waals surface area contributed by atoms with E-state index in [1.54, 1.807) is 0 Å². The molecule has 17 heavy (non-hydrogen) atoms. The molecule has 0 aliphatic carbocycles. The first kappa shape index (κ1) is 12.2. The van der Waals surface area contributed by atoms with Crippen LogP contribution in [0.15, 0.2) is 24.3 Å². The Morgan fingerprint density at radius 2 is 2.00 bits per heavy atom. The Hall–Kier alpha value is -1.31. The number of carbonyl (C=O) groups excluding carboxylic acids is 1. The molecule has 0 spiro atoms. The third-order valence-corrected chi connectivity index (χ3v) is 3.53. The van der Waals surface area contributed by atoms with Gasteiger partial charge in [-0.3, -0.25) is 4.79 Å². The van der Waals surface area contributed by atoms with Crippen LogP contribution in [0, 0.1) is 0 Å². The van der Waals surface area contributed by atoms with Gasteiger partial charge in [0.05, 0.1) is 0 Å². The monoisotopic (exact) mass is 232 g/mol. The van der Waals surface area contributed by atoms with Crippen LogP contribution >= 0.6 is 0 Å². The van der Waals surface area contributed by atoms with E-state index in [1.807, 2.05) is 6.92 Å². The highest BCUT2D eigenvalue weighted by Crippen LogP contribution is 2.36. The van der Waals surface area contributed by atoms with Gasteiger partial charge in [0.25, 0.3) is 0 Å². The average molecular weight is 232 g/mol. The summed E-state index contributed by atoms with van der Waals surface area (Å²) in [5, 5.41) is 0. The Kier molecular flexibility index (Phi) is 3.51. The fraction of sp³-hybridized carbons (Fsp3) is 0.533. The minimum Gasteiger partial charge on any atom is -0.454 e. The number of benzene rings is 1. The molecule has 2 nitrogen and oxygen atoms in total. The molecule has 0 amide bonds. The van der Waals surface area contributed by atoms with Gasteiger partial charge in [-0.15, -0.1) is 0 Å². The van der Waals surface area contributed by atoms with Crippen LogP contribution in [0.25, 0.3) is 0 Å². The molecule has 1 aliphatic heterocycles. The van der Waals surface area contributed by atoms with Crippen LogP contribution in [0.2, 0.25) is 0 Å². The number of hydrogen-bond acceptors (Lipinski definition) is 2. The molecule has 0 aromatic heterocycles. The van der Waals surface area contributed by atoms with E-state index in [2.05, 4.69) is 31.2 Å². The molecule has 2 rings (SSSR count). The van der Waals surface area contributed by atoms with Crippen molar-refractivity contribution in [3.63, 3.8) is 0 Å². The van der Waals surface area contributed by atoms with Crippen molar-refractivity contribution in [2.45, 2.75) is 51.6 Å². The maximum atomic E-state index is 11.2. The maximum absolute atomic E-state index is 11.2. The first-order chi connectivity index (χ1) is 8.14.